The molecule has 0 atom stereocenters. The molecule has 1 aromatic heterocycles. The first-order valence-electron chi connectivity index (χ1n) is 8.82. The molecule has 0 saturated carbocycles. The lowest BCUT2D eigenvalue weighted by Crippen LogP contribution is -2.33. The molecule has 7 heteroatoms. The van der Waals surface area contributed by atoms with E-state index in [1.54, 1.807) is 39.5 Å². The van der Waals surface area contributed by atoms with Gasteiger partial charge < -0.3 is 19.4 Å². The van der Waals surface area contributed by atoms with Crippen molar-refractivity contribution in [1.82, 2.24) is 14.9 Å². The van der Waals surface area contributed by atoms with Crippen LogP contribution in [0.4, 0.5) is 0 Å². The lowest BCUT2D eigenvalue weighted by molar-refractivity contribution is 0.0944. The average Bonchev–Trinajstić information content (AvgIpc) is 2.70. The number of aromatic nitrogens is 2. The number of aryl methyl sites for hydroxylation is 3. The summed E-state index contributed by atoms with van der Waals surface area (Å²) >= 11 is 0. The van der Waals surface area contributed by atoms with Gasteiger partial charge in [0.05, 0.1) is 25.3 Å². The summed E-state index contributed by atoms with van der Waals surface area (Å²) < 4.78 is 12.0. The van der Waals surface area contributed by atoms with E-state index < -0.39 is 11.5 Å². The number of nitrogens with zero attached hydrogens (tertiary/aromatic N) is 2. The Kier molecular flexibility index (Phi) is 5.35. The van der Waals surface area contributed by atoms with Gasteiger partial charge in [0.25, 0.3) is 11.5 Å². The van der Waals surface area contributed by atoms with Gasteiger partial charge in [0, 0.05) is 19.2 Å². The van der Waals surface area contributed by atoms with Gasteiger partial charge in [-0.05, 0) is 55.3 Å². The topological polar surface area (TPSA) is 82.4 Å². The van der Waals surface area contributed by atoms with Crippen molar-refractivity contribution < 1.29 is 14.3 Å². The Balaban J connectivity index is 1.93. The SMILES string of the molecule is COc1ccc(OC)c(CNC(=O)c2nc3cc(C)c(C)cc3n(C)c2=O)c1. The summed E-state index contributed by atoms with van der Waals surface area (Å²) in [7, 11) is 4.76. The maximum atomic E-state index is 12.7. The van der Waals surface area contributed by atoms with Crippen LogP contribution in [0.2, 0.25) is 0 Å². The molecule has 0 radical (unpaired) electrons. The van der Waals surface area contributed by atoms with Gasteiger partial charge in [0.2, 0.25) is 0 Å². The average molecular weight is 381 g/mol. The van der Waals surface area contributed by atoms with E-state index in [-0.39, 0.29) is 12.2 Å². The summed E-state index contributed by atoms with van der Waals surface area (Å²) in [6.45, 7) is 4.12. The van der Waals surface area contributed by atoms with Crippen LogP contribution in [0.5, 0.6) is 11.5 Å². The number of fused-ring (bicyclic) bond motifs is 1. The fourth-order valence-electron chi connectivity index (χ4n) is 3.01. The van der Waals surface area contributed by atoms with Crippen LogP contribution in [0.3, 0.4) is 0 Å². The minimum atomic E-state index is -0.536. The number of benzene rings is 2. The first kappa shape index (κ1) is 19.4. The summed E-state index contributed by atoms with van der Waals surface area (Å²) in [6.07, 6.45) is 0. The molecule has 1 heterocycles. The summed E-state index contributed by atoms with van der Waals surface area (Å²) in [5.74, 6) is 0.729. The molecule has 28 heavy (non-hydrogen) atoms. The van der Waals surface area contributed by atoms with Gasteiger partial charge in [-0.25, -0.2) is 4.98 Å². The van der Waals surface area contributed by atoms with Crippen LogP contribution in [0.1, 0.15) is 27.2 Å². The highest BCUT2D eigenvalue weighted by Crippen LogP contribution is 2.23. The third kappa shape index (κ3) is 3.55. The highest BCUT2D eigenvalue weighted by molar-refractivity contribution is 5.94. The number of carbonyl (C=O) groups is 1. The Labute approximate surface area is 162 Å². The van der Waals surface area contributed by atoms with Crippen molar-refractivity contribution >= 4 is 16.9 Å². The Morgan fingerprint density at radius 1 is 1.11 bits per heavy atom. The van der Waals surface area contributed by atoms with Gasteiger partial charge in [-0.2, -0.15) is 0 Å². The van der Waals surface area contributed by atoms with Gasteiger partial charge in [0.15, 0.2) is 5.69 Å². The van der Waals surface area contributed by atoms with E-state index in [1.807, 2.05) is 26.0 Å². The maximum absolute atomic E-state index is 12.7. The fourth-order valence-corrected chi connectivity index (χ4v) is 3.01. The zero-order chi connectivity index (χ0) is 20.4. The van der Waals surface area contributed by atoms with Gasteiger partial charge in [-0.15, -0.1) is 0 Å². The predicted octanol–water partition coefficient (Wildman–Crippen LogP) is 2.50. The zero-order valence-electron chi connectivity index (χ0n) is 16.6. The molecular formula is C21H23N3O4. The first-order valence-corrected chi connectivity index (χ1v) is 8.82. The molecule has 3 rings (SSSR count). The number of methoxy groups -OCH3 is 2. The summed E-state index contributed by atoms with van der Waals surface area (Å²) in [6, 6.07) is 9.10. The van der Waals surface area contributed by atoms with E-state index in [1.165, 1.54) is 4.57 Å². The van der Waals surface area contributed by atoms with Crippen molar-refractivity contribution in [2.45, 2.75) is 20.4 Å². The van der Waals surface area contributed by atoms with Crippen LogP contribution < -0.4 is 20.3 Å². The minimum absolute atomic E-state index is 0.139. The Hall–Kier alpha value is -3.35. The minimum Gasteiger partial charge on any atom is -0.497 e. The second kappa shape index (κ2) is 7.72. The molecular weight excluding hydrogens is 358 g/mol. The van der Waals surface area contributed by atoms with Crippen LogP contribution >= 0.6 is 0 Å². The lowest BCUT2D eigenvalue weighted by Gasteiger charge is -2.12. The third-order valence-electron chi connectivity index (χ3n) is 4.83. The molecule has 0 aliphatic rings. The van der Waals surface area contributed by atoms with E-state index in [0.29, 0.717) is 22.5 Å². The Morgan fingerprint density at radius 2 is 1.82 bits per heavy atom. The Bertz CT molecular complexity index is 1120. The second-order valence-electron chi connectivity index (χ2n) is 6.61. The van der Waals surface area contributed by atoms with E-state index >= 15 is 0 Å². The zero-order valence-corrected chi connectivity index (χ0v) is 16.6. The van der Waals surface area contributed by atoms with E-state index in [0.717, 1.165) is 16.7 Å². The van der Waals surface area contributed by atoms with Crippen LogP contribution in [0.15, 0.2) is 35.1 Å². The maximum Gasteiger partial charge on any atom is 0.282 e. The van der Waals surface area contributed by atoms with Crippen LogP contribution in [-0.2, 0) is 13.6 Å². The molecule has 146 valence electrons. The van der Waals surface area contributed by atoms with Crippen molar-refractivity contribution in [3.63, 3.8) is 0 Å². The second-order valence-corrected chi connectivity index (χ2v) is 6.61. The predicted molar refractivity (Wildman–Crippen MR) is 107 cm³/mol. The van der Waals surface area contributed by atoms with Crippen molar-refractivity contribution in [2.24, 2.45) is 7.05 Å². The standard InChI is InChI=1S/C21H23N3O4/c1-12-8-16-17(9-13(12)2)24(3)21(26)19(23-16)20(25)22-11-14-10-15(27-4)6-7-18(14)28-5/h6-10H,11H2,1-5H3,(H,22,25). The molecule has 0 aliphatic heterocycles. The molecule has 0 fully saturated rings. The van der Waals surface area contributed by atoms with Crippen LogP contribution in [-0.4, -0.2) is 29.7 Å². The highest BCUT2D eigenvalue weighted by atomic mass is 16.5. The van der Waals surface area contributed by atoms with Crippen LogP contribution in [0, 0.1) is 13.8 Å². The number of carbonyl (C=O) groups excluding carboxylic acids is 1. The molecule has 0 aliphatic carbocycles. The van der Waals surface area contributed by atoms with Crippen molar-refractivity contribution in [3.8, 4) is 11.5 Å². The number of hydrogen-bond donors (Lipinski definition) is 1. The third-order valence-corrected chi connectivity index (χ3v) is 4.83. The molecule has 0 bridgehead atoms. The highest BCUT2D eigenvalue weighted by Gasteiger charge is 2.17. The molecule has 3 aromatic rings. The first-order chi connectivity index (χ1) is 13.3. The van der Waals surface area contributed by atoms with E-state index in [2.05, 4.69) is 10.3 Å². The number of rotatable bonds is 5. The quantitative estimate of drug-likeness (QED) is 0.734. The molecule has 0 unspecified atom stereocenters. The van der Waals surface area contributed by atoms with Crippen molar-refractivity contribution in [3.05, 3.63) is 63.1 Å². The largest absolute Gasteiger partial charge is 0.497 e. The smallest absolute Gasteiger partial charge is 0.282 e. The van der Waals surface area contributed by atoms with Gasteiger partial charge in [-0.1, -0.05) is 0 Å². The van der Waals surface area contributed by atoms with Crippen molar-refractivity contribution in [1.29, 1.82) is 0 Å². The molecule has 1 amide bonds. The number of hydrogen-bond acceptors (Lipinski definition) is 5. The van der Waals surface area contributed by atoms with Gasteiger partial charge in [-0.3, -0.25) is 9.59 Å². The number of nitrogens with one attached hydrogen (secondary N) is 1. The molecule has 7 nitrogen and oxygen atoms in total. The van der Waals surface area contributed by atoms with E-state index in [4.69, 9.17) is 9.47 Å². The van der Waals surface area contributed by atoms with Gasteiger partial charge in [0.1, 0.15) is 11.5 Å². The fraction of sp³-hybridized carbons (Fsp3) is 0.286. The Morgan fingerprint density at radius 3 is 2.50 bits per heavy atom. The number of amides is 1. The molecule has 0 saturated heterocycles. The lowest BCUT2D eigenvalue weighted by atomic mass is 10.1. The normalized spacial score (nSPS) is 10.8. The monoisotopic (exact) mass is 381 g/mol. The molecule has 0 spiro atoms. The number of ether oxygens (including phenoxy) is 2. The summed E-state index contributed by atoms with van der Waals surface area (Å²) in [5.41, 5.74) is 3.57. The summed E-state index contributed by atoms with van der Waals surface area (Å²) in [5, 5.41) is 2.75. The van der Waals surface area contributed by atoms with Crippen LogP contribution in [0.25, 0.3) is 11.0 Å². The van der Waals surface area contributed by atoms with Gasteiger partial charge >= 0.3 is 0 Å². The molecule has 1 N–H and O–H groups in total. The van der Waals surface area contributed by atoms with Crippen molar-refractivity contribution in [2.75, 3.05) is 14.2 Å². The van der Waals surface area contributed by atoms with E-state index in [9.17, 15) is 9.59 Å². The summed E-state index contributed by atoms with van der Waals surface area (Å²) in [4.78, 5) is 29.7. The molecule has 2 aromatic carbocycles.